The van der Waals surface area contributed by atoms with Crippen molar-refractivity contribution in [3.63, 3.8) is 0 Å². The third-order valence-corrected chi connectivity index (χ3v) is 3.57. The van der Waals surface area contributed by atoms with Crippen LogP contribution in [0.3, 0.4) is 0 Å². The molecule has 2 atom stereocenters. The van der Waals surface area contributed by atoms with E-state index in [9.17, 15) is 13.2 Å². The zero-order valence-electron chi connectivity index (χ0n) is 10.9. The van der Waals surface area contributed by atoms with Gasteiger partial charge in [-0.15, -0.1) is 0 Å². The van der Waals surface area contributed by atoms with Crippen LogP contribution in [0.5, 0.6) is 0 Å². The lowest BCUT2D eigenvalue weighted by Gasteiger charge is -2.48. The average molecular weight is 253 g/mol. The molecule has 0 aromatic heterocycles. The normalized spacial score (nSPS) is 26.8. The maximum Gasteiger partial charge on any atom is 0.405 e. The van der Waals surface area contributed by atoms with Crippen LogP contribution in [0.25, 0.3) is 0 Å². The van der Waals surface area contributed by atoms with Crippen LogP contribution in [-0.2, 0) is 0 Å². The van der Waals surface area contributed by atoms with E-state index in [4.69, 9.17) is 5.73 Å². The molecule has 0 radical (unpaired) electrons. The monoisotopic (exact) mass is 253 g/mol. The van der Waals surface area contributed by atoms with Crippen molar-refractivity contribution in [2.45, 2.75) is 44.6 Å². The highest BCUT2D eigenvalue weighted by atomic mass is 19.4. The van der Waals surface area contributed by atoms with Crippen molar-refractivity contribution in [1.29, 1.82) is 0 Å². The fraction of sp³-hybridized carbons (Fsp3) is 1.00. The summed E-state index contributed by atoms with van der Waals surface area (Å²) in [4.78, 5) is 3.54. The van der Waals surface area contributed by atoms with E-state index >= 15 is 0 Å². The molecule has 0 spiro atoms. The highest BCUT2D eigenvalue weighted by molar-refractivity contribution is 4.95. The van der Waals surface area contributed by atoms with E-state index in [0.717, 1.165) is 0 Å². The summed E-state index contributed by atoms with van der Waals surface area (Å²) in [6, 6.07) is -2.45. The fourth-order valence-electron chi connectivity index (χ4n) is 2.35. The number of nitrogens with two attached hydrogens (primary N) is 1. The summed E-state index contributed by atoms with van der Waals surface area (Å²) in [5.41, 5.74) is 5.25. The molecule has 2 unspecified atom stereocenters. The molecule has 2 N–H and O–H groups in total. The van der Waals surface area contributed by atoms with Gasteiger partial charge in [0.1, 0.15) is 6.04 Å². The van der Waals surface area contributed by atoms with Crippen molar-refractivity contribution in [2.75, 3.05) is 26.7 Å². The molecule has 1 aliphatic rings. The van der Waals surface area contributed by atoms with Crippen LogP contribution in [0.4, 0.5) is 13.2 Å². The molecule has 1 aliphatic heterocycles. The Morgan fingerprint density at radius 3 is 2.12 bits per heavy atom. The molecule has 0 saturated carbocycles. The molecular formula is C11H22F3N3. The third-order valence-electron chi connectivity index (χ3n) is 3.57. The van der Waals surface area contributed by atoms with Crippen LogP contribution < -0.4 is 5.73 Å². The Balaban J connectivity index is 2.84. The van der Waals surface area contributed by atoms with Crippen molar-refractivity contribution in [2.24, 2.45) is 5.73 Å². The average Bonchev–Trinajstić information content (AvgIpc) is 2.07. The van der Waals surface area contributed by atoms with Crippen LogP contribution in [0.1, 0.15) is 20.8 Å². The van der Waals surface area contributed by atoms with E-state index in [1.54, 1.807) is 0 Å². The minimum Gasteiger partial charge on any atom is -0.326 e. The fourth-order valence-corrected chi connectivity index (χ4v) is 2.35. The molecule has 102 valence electrons. The Hall–Kier alpha value is -0.330. The first-order chi connectivity index (χ1) is 7.55. The highest BCUT2D eigenvalue weighted by Gasteiger charge is 2.48. The SMILES string of the molecule is CC(N)C(N1CCN(C)C(C)(C)C1)C(F)(F)F. The van der Waals surface area contributed by atoms with Crippen LogP contribution >= 0.6 is 0 Å². The van der Waals surface area contributed by atoms with Gasteiger partial charge in [-0.05, 0) is 27.8 Å². The molecular weight excluding hydrogens is 231 g/mol. The second-order valence-electron chi connectivity index (χ2n) is 5.55. The van der Waals surface area contributed by atoms with E-state index in [1.807, 2.05) is 20.9 Å². The quantitative estimate of drug-likeness (QED) is 0.805. The van der Waals surface area contributed by atoms with Gasteiger partial charge in [0.15, 0.2) is 0 Å². The largest absolute Gasteiger partial charge is 0.405 e. The van der Waals surface area contributed by atoms with Crippen molar-refractivity contribution in [3.05, 3.63) is 0 Å². The van der Waals surface area contributed by atoms with E-state index in [2.05, 4.69) is 4.90 Å². The molecule has 1 saturated heterocycles. The van der Waals surface area contributed by atoms with E-state index in [1.165, 1.54) is 11.8 Å². The van der Waals surface area contributed by atoms with Gasteiger partial charge in [0.05, 0.1) is 0 Å². The molecule has 1 fully saturated rings. The van der Waals surface area contributed by atoms with Gasteiger partial charge in [-0.25, -0.2) is 0 Å². The molecule has 0 amide bonds. The Bertz CT molecular complexity index is 263. The van der Waals surface area contributed by atoms with Gasteiger partial charge in [0.2, 0.25) is 0 Å². The summed E-state index contributed by atoms with van der Waals surface area (Å²) in [6.07, 6.45) is -4.26. The van der Waals surface area contributed by atoms with Gasteiger partial charge in [-0.1, -0.05) is 0 Å². The zero-order valence-corrected chi connectivity index (χ0v) is 10.9. The molecule has 0 aromatic rings. The number of hydrogen-bond acceptors (Lipinski definition) is 3. The lowest BCUT2D eigenvalue weighted by Crippen LogP contribution is -2.65. The lowest BCUT2D eigenvalue weighted by atomic mass is 9.96. The van der Waals surface area contributed by atoms with Crippen molar-refractivity contribution >= 4 is 0 Å². The van der Waals surface area contributed by atoms with Gasteiger partial charge in [0, 0.05) is 31.2 Å². The summed E-state index contributed by atoms with van der Waals surface area (Å²) >= 11 is 0. The van der Waals surface area contributed by atoms with Crippen LogP contribution in [0, 0.1) is 0 Å². The third kappa shape index (κ3) is 3.33. The number of piperazine rings is 1. The lowest BCUT2D eigenvalue weighted by molar-refractivity contribution is -0.197. The Morgan fingerprint density at radius 2 is 1.76 bits per heavy atom. The second kappa shape index (κ2) is 4.74. The van der Waals surface area contributed by atoms with Crippen molar-refractivity contribution < 1.29 is 13.2 Å². The van der Waals surface area contributed by atoms with Gasteiger partial charge < -0.3 is 5.73 Å². The predicted molar refractivity (Wildman–Crippen MR) is 61.8 cm³/mol. The number of hydrogen-bond donors (Lipinski definition) is 1. The molecule has 0 bridgehead atoms. The summed E-state index contributed by atoms with van der Waals surface area (Å²) in [6.45, 7) is 6.75. The number of halogens is 3. The number of rotatable bonds is 2. The van der Waals surface area contributed by atoms with E-state index in [-0.39, 0.29) is 5.54 Å². The van der Waals surface area contributed by atoms with E-state index in [0.29, 0.717) is 19.6 Å². The maximum absolute atomic E-state index is 13.0. The maximum atomic E-state index is 13.0. The highest BCUT2D eigenvalue weighted by Crippen LogP contribution is 2.30. The number of nitrogens with zero attached hydrogens (tertiary/aromatic N) is 2. The smallest absolute Gasteiger partial charge is 0.326 e. The minimum absolute atomic E-state index is 0.253. The molecule has 6 heteroatoms. The zero-order chi connectivity index (χ0) is 13.4. The first-order valence-corrected chi connectivity index (χ1v) is 5.83. The van der Waals surface area contributed by atoms with Crippen LogP contribution in [-0.4, -0.2) is 60.3 Å². The van der Waals surface area contributed by atoms with Crippen molar-refractivity contribution in [1.82, 2.24) is 9.80 Å². The Kier molecular flexibility index (Phi) is 4.11. The van der Waals surface area contributed by atoms with Gasteiger partial charge >= 0.3 is 6.18 Å². The summed E-state index contributed by atoms with van der Waals surface area (Å²) in [5, 5.41) is 0. The van der Waals surface area contributed by atoms with Gasteiger partial charge in [-0.2, -0.15) is 13.2 Å². The van der Waals surface area contributed by atoms with Gasteiger partial charge in [0.25, 0.3) is 0 Å². The molecule has 17 heavy (non-hydrogen) atoms. The molecule has 1 heterocycles. The number of alkyl halides is 3. The minimum atomic E-state index is -4.26. The summed E-state index contributed by atoms with van der Waals surface area (Å²) < 4.78 is 38.9. The van der Waals surface area contributed by atoms with E-state index < -0.39 is 18.3 Å². The molecule has 3 nitrogen and oxygen atoms in total. The van der Waals surface area contributed by atoms with Crippen LogP contribution in [0.2, 0.25) is 0 Å². The first-order valence-electron chi connectivity index (χ1n) is 5.83. The van der Waals surface area contributed by atoms with Crippen LogP contribution in [0.15, 0.2) is 0 Å². The second-order valence-corrected chi connectivity index (χ2v) is 5.55. The summed E-state index contributed by atoms with van der Waals surface area (Å²) in [5.74, 6) is 0. The first kappa shape index (κ1) is 14.7. The Labute approximate surface area is 101 Å². The molecule has 0 aromatic carbocycles. The van der Waals surface area contributed by atoms with Crippen molar-refractivity contribution in [3.8, 4) is 0 Å². The number of likely N-dealkylation sites (N-methyl/N-ethyl adjacent to an activating group) is 1. The predicted octanol–water partition coefficient (Wildman–Crippen LogP) is 1.29. The molecule has 0 aliphatic carbocycles. The Morgan fingerprint density at radius 1 is 1.24 bits per heavy atom. The summed E-state index contributed by atoms with van der Waals surface area (Å²) in [7, 11) is 1.94. The topological polar surface area (TPSA) is 32.5 Å². The van der Waals surface area contributed by atoms with Gasteiger partial charge in [-0.3, -0.25) is 9.80 Å². The molecule has 1 rings (SSSR count). The standard InChI is InChI=1S/C11H22F3N3/c1-8(15)9(11(12,13)14)17-6-5-16(4)10(2,3)7-17/h8-9H,5-7,15H2,1-4H3.